The van der Waals surface area contributed by atoms with Crippen molar-refractivity contribution in [3.8, 4) is 46.0 Å². The molecule has 0 atom stereocenters. The average Bonchev–Trinajstić information content (AvgIpc) is 3.28. The quantitative estimate of drug-likeness (QED) is 0.114. The number of nitrogen functional groups attached to an aromatic ring is 2. The Morgan fingerprint density at radius 3 is 0.667 bits per heavy atom. The van der Waals surface area contributed by atoms with Crippen LogP contribution in [-0.4, -0.2) is 16.8 Å². The van der Waals surface area contributed by atoms with E-state index >= 15 is 0 Å². The first kappa shape index (κ1) is 40.6. The lowest BCUT2D eigenvalue weighted by atomic mass is 10.3. The maximum atomic E-state index is 13.3. The molecule has 12 heteroatoms. The molecular weight excluding hydrogens is 797 g/mol. The molecule has 0 unspecified atom stereocenters. The molecule has 0 saturated carbocycles. The number of rotatable bonds is 12. The minimum atomic E-state index is -3.75. The summed E-state index contributed by atoms with van der Waals surface area (Å²) in [6.45, 7) is 0. The molecule has 4 N–H and O–H groups in total. The zero-order valence-electron chi connectivity index (χ0n) is 31.9. The van der Waals surface area contributed by atoms with Gasteiger partial charge < -0.3 is 30.4 Å². The summed E-state index contributed by atoms with van der Waals surface area (Å²) in [5.41, 5.74) is 12.7. The van der Waals surface area contributed by atoms with E-state index in [0.717, 1.165) is 0 Å². The van der Waals surface area contributed by atoms with Gasteiger partial charge >= 0.3 is 0 Å². The van der Waals surface area contributed by atoms with Crippen LogP contribution in [0.1, 0.15) is 0 Å². The van der Waals surface area contributed by atoms with Crippen molar-refractivity contribution in [2.45, 2.75) is 19.6 Å². The van der Waals surface area contributed by atoms with Gasteiger partial charge in [-0.2, -0.15) is 0 Å². The summed E-state index contributed by atoms with van der Waals surface area (Å²) in [5, 5.41) is 0. The summed E-state index contributed by atoms with van der Waals surface area (Å²) < 4.78 is 74.0. The molecule has 0 fully saturated rings. The molecule has 0 spiro atoms. The molecule has 60 heavy (non-hydrogen) atoms. The number of anilines is 2. The van der Waals surface area contributed by atoms with Crippen molar-refractivity contribution < 1.29 is 35.8 Å². The molecule has 0 saturated heterocycles. The molecule has 0 aromatic heterocycles. The van der Waals surface area contributed by atoms with Gasteiger partial charge in [0.2, 0.25) is 19.7 Å². The predicted octanol–water partition coefficient (Wildman–Crippen LogP) is 11.4. The van der Waals surface area contributed by atoms with Crippen molar-refractivity contribution in [3.05, 3.63) is 206 Å². The highest BCUT2D eigenvalue weighted by atomic mass is 32.2. The molecule has 8 aromatic carbocycles. The van der Waals surface area contributed by atoms with Crippen LogP contribution in [0.2, 0.25) is 0 Å². The van der Waals surface area contributed by atoms with E-state index < -0.39 is 19.7 Å². The molecule has 0 amide bonds. The van der Waals surface area contributed by atoms with Gasteiger partial charge in [-0.15, -0.1) is 0 Å². The Morgan fingerprint density at radius 1 is 0.250 bits per heavy atom. The zero-order chi connectivity index (χ0) is 42.0. The van der Waals surface area contributed by atoms with Gasteiger partial charge in [0.15, 0.2) is 0 Å². The Bertz CT molecular complexity index is 2650. The van der Waals surface area contributed by atoms with Crippen LogP contribution in [0.5, 0.6) is 46.0 Å². The van der Waals surface area contributed by atoms with Crippen molar-refractivity contribution in [2.75, 3.05) is 11.5 Å². The van der Waals surface area contributed by atoms with Crippen LogP contribution in [0.4, 0.5) is 11.4 Å². The number of sulfone groups is 2. The minimum Gasteiger partial charge on any atom is -0.457 e. The predicted molar refractivity (Wildman–Crippen MR) is 232 cm³/mol. The van der Waals surface area contributed by atoms with E-state index in [4.69, 9.17) is 30.4 Å². The molecule has 0 radical (unpaired) electrons. The lowest BCUT2D eigenvalue weighted by Gasteiger charge is -2.10. The summed E-state index contributed by atoms with van der Waals surface area (Å²) in [6, 6.07) is 57.8. The first-order valence-electron chi connectivity index (χ1n) is 18.4. The Labute approximate surface area is 348 Å². The highest BCUT2D eigenvalue weighted by molar-refractivity contribution is 7.91. The monoisotopic (exact) mass is 834 g/mol. The first-order valence-corrected chi connectivity index (χ1v) is 21.4. The van der Waals surface area contributed by atoms with Gasteiger partial charge in [0.1, 0.15) is 46.0 Å². The Kier molecular flexibility index (Phi) is 12.4. The van der Waals surface area contributed by atoms with Gasteiger partial charge in [0.25, 0.3) is 0 Å². The molecule has 300 valence electrons. The lowest BCUT2D eigenvalue weighted by Crippen LogP contribution is -2.01. The number of benzene rings is 8. The van der Waals surface area contributed by atoms with Gasteiger partial charge in [0, 0.05) is 11.4 Å². The van der Waals surface area contributed by atoms with E-state index in [0.29, 0.717) is 67.2 Å². The van der Waals surface area contributed by atoms with Crippen LogP contribution in [0.25, 0.3) is 0 Å². The van der Waals surface area contributed by atoms with E-state index in [2.05, 4.69) is 0 Å². The molecule has 0 bridgehead atoms. The Morgan fingerprint density at radius 2 is 0.433 bits per heavy atom. The Hall–Kier alpha value is -7.54. The van der Waals surface area contributed by atoms with Gasteiger partial charge in [-0.3, -0.25) is 0 Å². The third-order valence-corrected chi connectivity index (χ3v) is 12.3. The second kappa shape index (κ2) is 18.4. The van der Waals surface area contributed by atoms with Crippen molar-refractivity contribution >= 4 is 31.0 Å². The van der Waals surface area contributed by atoms with Gasteiger partial charge in [-0.05, 0) is 170 Å². The fourth-order valence-electron chi connectivity index (χ4n) is 5.61. The van der Waals surface area contributed by atoms with Crippen molar-refractivity contribution in [1.82, 2.24) is 0 Å². The smallest absolute Gasteiger partial charge is 0.206 e. The van der Waals surface area contributed by atoms with E-state index in [1.807, 2.05) is 0 Å². The van der Waals surface area contributed by atoms with Crippen molar-refractivity contribution in [2.24, 2.45) is 0 Å². The standard InChI is InChI=1S/C36H28N2O6S.C12H10O2S/c37-25-1-5-27(6-2-25)41-29-9-13-31(14-10-29)43-33-17-21-35(22-18-33)45(39,40)36-23-19-34(20-24-36)44-32-15-11-30(12-16-32)42-28-7-3-26(38)4-8-28;13-15(14,11-7-3-1-4-8-11)12-9-5-2-6-10-12/h1-24H,37-38H2;1-10H. The molecule has 0 heterocycles. The summed E-state index contributed by atoms with van der Waals surface area (Å²) in [5.74, 6) is 4.77. The van der Waals surface area contributed by atoms with Crippen LogP contribution < -0.4 is 30.4 Å². The van der Waals surface area contributed by atoms with Crippen molar-refractivity contribution in [3.63, 3.8) is 0 Å². The maximum absolute atomic E-state index is 13.3. The largest absolute Gasteiger partial charge is 0.457 e. The summed E-state index contributed by atoms with van der Waals surface area (Å²) >= 11 is 0. The summed E-state index contributed by atoms with van der Waals surface area (Å²) in [4.78, 5) is 0.951. The molecule has 0 aliphatic rings. The first-order chi connectivity index (χ1) is 29.0. The number of nitrogens with two attached hydrogens (primary N) is 2. The SMILES string of the molecule is Nc1ccc(Oc2ccc(Oc3ccc(S(=O)(=O)c4ccc(Oc5ccc(Oc6ccc(N)cc6)cc5)cc4)cc3)cc2)cc1.O=S(=O)(c1ccccc1)c1ccccc1. The van der Waals surface area contributed by atoms with Crippen LogP contribution in [0, 0.1) is 0 Å². The highest BCUT2D eigenvalue weighted by Gasteiger charge is 2.18. The van der Waals surface area contributed by atoms with Crippen LogP contribution >= 0.6 is 0 Å². The van der Waals surface area contributed by atoms with Gasteiger partial charge in [0.05, 0.1) is 19.6 Å². The van der Waals surface area contributed by atoms with E-state index in [1.54, 1.807) is 182 Å². The fraction of sp³-hybridized carbons (Fsp3) is 0. The average molecular weight is 835 g/mol. The minimum absolute atomic E-state index is 0.146. The van der Waals surface area contributed by atoms with Crippen molar-refractivity contribution in [1.29, 1.82) is 0 Å². The number of ether oxygens (including phenoxy) is 4. The van der Waals surface area contributed by atoms with E-state index in [1.165, 1.54) is 24.3 Å². The molecular formula is C48H38N2O8S2. The third-order valence-electron chi connectivity index (χ3n) is 8.73. The van der Waals surface area contributed by atoms with Gasteiger partial charge in [-0.1, -0.05) is 36.4 Å². The molecule has 0 aliphatic heterocycles. The van der Waals surface area contributed by atoms with E-state index in [9.17, 15) is 16.8 Å². The zero-order valence-corrected chi connectivity index (χ0v) is 33.5. The topological polar surface area (TPSA) is 157 Å². The molecule has 0 aliphatic carbocycles. The van der Waals surface area contributed by atoms with Gasteiger partial charge in [-0.25, -0.2) is 16.8 Å². The second-order valence-electron chi connectivity index (χ2n) is 13.1. The number of hydrogen-bond acceptors (Lipinski definition) is 10. The number of hydrogen-bond donors (Lipinski definition) is 2. The molecule has 8 aromatic rings. The lowest BCUT2D eigenvalue weighted by molar-refractivity contribution is 0.469. The maximum Gasteiger partial charge on any atom is 0.206 e. The van der Waals surface area contributed by atoms with Crippen LogP contribution in [-0.2, 0) is 19.7 Å². The van der Waals surface area contributed by atoms with E-state index in [-0.39, 0.29) is 9.79 Å². The Balaban J connectivity index is 0.000000304. The molecule has 8 rings (SSSR count). The third kappa shape index (κ3) is 10.5. The second-order valence-corrected chi connectivity index (χ2v) is 17.0. The van der Waals surface area contributed by atoms with Crippen LogP contribution in [0.3, 0.4) is 0 Å². The normalized spacial score (nSPS) is 11.1. The fourth-order valence-corrected chi connectivity index (χ4v) is 8.18. The summed E-state index contributed by atoms with van der Waals surface area (Å²) in [7, 11) is -7.09. The summed E-state index contributed by atoms with van der Waals surface area (Å²) in [6.07, 6.45) is 0. The van der Waals surface area contributed by atoms with Crippen LogP contribution in [0.15, 0.2) is 226 Å². The molecule has 10 nitrogen and oxygen atoms in total. The highest BCUT2D eigenvalue weighted by Crippen LogP contribution is 2.31.